The molecule has 0 saturated heterocycles. The maximum atomic E-state index is 13.6. The summed E-state index contributed by atoms with van der Waals surface area (Å²) in [5.74, 6) is 0.577. The van der Waals surface area contributed by atoms with Crippen molar-refractivity contribution in [3.8, 4) is 0 Å². The van der Waals surface area contributed by atoms with Gasteiger partial charge < -0.3 is 5.32 Å². The molecule has 1 N–H and O–H groups in total. The predicted octanol–water partition coefficient (Wildman–Crippen LogP) is 5.31. The van der Waals surface area contributed by atoms with E-state index in [2.05, 4.69) is 23.5 Å². The van der Waals surface area contributed by atoms with Gasteiger partial charge >= 0.3 is 0 Å². The molecular weight excluding hydrogens is 285 g/mol. The molecule has 1 aliphatic heterocycles. The maximum Gasteiger partial charge on any atom is 0.123 e. The molecule has 1 heterocycles. The van der Waals surface area contributed by atoms with Crippen LogP contribution in [0.15, 0.2) is 54.6 Å². The van der Waals surface area contributed by atoms with Crippen molar-refractivity contribution >= 4 is 17.3 Å². The van der Waals surface area contributed by atoms with Gasteiger partial charge in [-0.15, -0.1) is 0 Å². The summed E-state index contributed by atoms with van der Waals surface area (Å²) in [6, 6.07) is 13.0. The second kappa shape index (κ2) is 4.88. The first-order valence-corrected chi connectivity index (χ1v) is 7.59. The highest BCUT2D eigenvalue weighted by Gasteiger charge is 2.38. The van der Waals surface area contributed by atoms with Crippen LogP contribution in [0.4, 0.5) is 10.1 Å². The third-order valence-corrected chi connectivity index (χ3v) is 4.87. The molecule has 0 amide bonds. The second-order valence-electron chi connectivity index (χ2n) is 5.73. The van der Waals surface area contributed by atoms with Crippen LogP contribution >= 0.6 is 11.6 Å². The standard InChI is InChI=1S/C18H15ClFN/c19-16-9-3-8-15-13-6-2-7-14(13)17(21-18(15)16)11-4-1-5-12(20)10-11/h1-6,8-10,13-14,17,21H,7H2/t13-,14-,17+/m1/s1. The number of rotatable bonds is 1. The van der Waals surface area contributed by atoms with Crippen molar-refractivity contribution in [3.05, 3.63) is 76.6 Å². The Morgan fingerprint density at radius 3 is 2.86 bits per heavy atom. The zero-order valence-corrected chi connectivity index (χ0v) is 12.1. The number of benzene rings is 2. The van der Waals surface area contributed by atoms with Crippen molar-refractivity contribution in [1.82, 2.24) is 0 Å². The van der Waals surface area contributed by atoms with Crippen molar-refractivity contribution < 1.29 is 4.39 Å². The SMILES string of the molecule is Fc1cccc([C@@H]2Nc3c(Cl)cccc3[C@@H]3C=CC[C@H]32)c1. The van der Waals surface area contributed by atoms with E-state index in [0.29, 0.717) is 11.8 Å². The lowest BCUT2D eigenvalue weighted by Gasteiger charge is -2.38. The molecule has 0 bridgehead atoms. The van der Waals surface area contributed by atoms with Crippen molar-refractivity contribution in [3.63, 3.8) is 0 Å². The largest absolute Gasteiger partial charge is 0.376 e. The number of para-hydroxylation sites is 1. The van der Waals surface area contributed by atoms with Crippen LogP contribution in [0.2, 0.25) is 5.02 Å². The van der Waals surface area contributed by atoms with E-state index >= 15 is 0 Å². The number of halogens is 2. The summed E-state index contributed by atoms with van der Waals surface area (Å²) >= 11 is 6.36. The van der Waals surface area contributed by atoms with Gasteiger partial charge in [-0.1, -0.05) is 48.0 Å². The summed E-state index contributed by atoms with van der Waals surface area (Å²) < 4.78 is 13.6. The Kier molecular flexibility index (Phi) is 3.00. The third kappa shape index (κ3) is 2.06. The fourth-order valence-corrected chi connectivity index (χ4v) is 3.85. The Morgan fingerprint density at radius 2 is 2.00 bits per heavy atom. The molecule has 0 unspecified atom stereocenters. The molecule has 1 nitrogen and oxygen atoms in total. The maximum absolute atomic E-state index is 13.6. The lowest BCUT2D eigenvalue weighted by Crippen LogP contribution is -2.29. The van der Waals surface area contributed by atoms with Crippen LogP contribution in [0.5, 0.6) is 0 Å². The van der Waals surface area contributed by atoms with E-state index in [1.54, 1.807) is 12.1 Å². The first-order chi connectivity index (χ1) is 10.2. The van der Waals surface area contributed by atoms with Crippen LogP contribution in [-0.4, -0.2) is 0 Å². The summed E-state index contributed by atoms with van der Waals surface area (Å²) in [4.78, 5) is 0. The molecular formula is C18H15ClFN. The Hall–Kier alpha value is -1.80. The molecule has 21 heavy (non-hydrogen) atoms. The summed E-state index contributed by atoms with van der Waals surface area (Å²) in [6.07, 6.45) is 5.48. The summed E-state index contributed by atoms with van der Waals surface area (Å²) in [7, 11) is 0. The second-order valence-corrected chi connectivity index (χ2v) is 6.14. The van der Waals surface area contributed by atoms with E-state index in [1.165, 1.54) is 11.6 Å². The van der Waals surface area contributed by atoms with Crippen LogP contribution in [0.3, 0.4) is 0 Å². The topological polar surface area (TPSA) is 12.0 Å². The molecule has 0 aromatic heterocycles. The molecule has 0 radical (unpaired) electrons. The van der Waals surface area contributed by atoms with Crippen LogP contribution in [0, 0.1) is 11.7 Å². The van der Waals surface area contributed by atoms with E-state index in [9.17, 15) is 4.39 Å². The molecule has 3 atom stereocenters. The van der Waals surface area contributed by atoms with E-state index in [0.717, 1.165) is 22.7 Å². The van der Waals surface area contributed by atoms with Gasteiger partial charge in [0.15, 0.2) is 0 Å². The van der Waals surface area contributed by atoms with Gasteiger partial charge in [-0.25, -0.2) is 4.39 Å². The van der Waals surface area contributed by atoms with Gasteiger partial charge in [0.2, 0.25) is 0 Å². The number of hydrogen-bond donors (Lipinski definition) is 1. The normalized spacial score (nSPS) is 26.1. The minimum absolute atomic E-state index is 0.0908. The summed E-state index contributed by atoms with van der Waals surface area (Å²) in [5, 5.41) is 4.27. The Morgan fingerprint density at radius 1 is 1.14 bits per heavy atom. The van der Waals surface area contributed by atoms with Crippen molar-refractivity contribution in [2.75, 3.05) is 5.32 Å². The fourth-order valence-electron chi connectivity index (χ4n) is 3.61. The van der Waals surface area contributed by atoms with E-state index in [-0.39, 0.29) is 11.9 Å². The van der Waals surface area contributed by atoms with E-state index < -0.39 is 0 Å². The number of fused-ring (bicyclic) bond motifs is 3. The number of allylic oxidation sites excluding steroid dienone is 2. The van der Waals surface area contributed by atoms with Gasteiger partial charge in [-0.3, -0.25) is 0 Å². The van der Waals surface area contributed by atoms with Gasteiger partial charge in [0.25, 0.3) is 0 Å². The first kappa shape index (κ1) is 12.9. The highest BCUT2D eigenvalue weighted by molar-refractivity contribution is 6.33. The molecule has 106 valence electrons. The van der Waals surface area contributed by atoms with Gasteiger partial charge in [-0.2, -0.15) is 0 Å². The smallest absolute Gasteiger partial charge is 0.123 e. The Bertz CT molecular complexity index is 725. The first-order valence-electron chi connectivity index (χ1n) is 7.21. The number of hydrogen-bond acceptors (Lipinski definition) is 1. The minimum atomic E-state index is -0.193. The minimum Gasteiger partial charge on any atom is -0.376 e. The molecule has 0 fully saturated rings. The monoisotopic (exact) mass is 299 g/mol. The summed E-state index contributed by atoms with van der Waals surface area (Å²) in [5.41, 5.74) is 3.22. The lowest BCUT2D eigenvalue weighted by molar-refractivity contribution is 0.424. The molecule has 0 saturated carbocycles. The highest BCUT2D eigenvalue weighted by Crippen LogP contribution is 2.51. The molecule has 1 aliphatic carbocycles. The van der Waals surface area contributed by atoms with Crippen molar-refractivity contribution in [2.45, 2.75) is 18.4 Å². The zero-order valence-electron chi connectivity index (χ0n) is 11.4. The van der Waals surface area contributed by atoms with E-state index in [1.807, 2.05) is 18.2 Å². The quantitative estimate of drug-likeness (QED) is 0.704. The van der Waals surface area contributed by atoms with Gasteiger partial charge in [-0.05, 0) is 41.7 Å². The fraction of sp³-hybridized carbons (Fsp3) is 0.222. The summed E-state index contributed by atoms with van der Waals surface area (Å²) in [6.45, 7) is 0. The van der Waals surface area contributed by atoms with Gasteiger partial charge in [0.1, 0.15) is 5.82 Å². The molecule has 2 aromatic rings. The third-order valence-electron chi connectivity index (χ3n) is 4.55. The van der Waals surface area contributed by atoms with Gasteiger partial charge in [0.05, 0.1) is 16.8 Å². The van der Waals surface area contributed by atoms with Crippen LogP contribution in [0.1, 0.15) is 29.5 Å². The Balaban J connectivity index is 1.83. The lowest BCUT2D eigenvalue weighted by atomic mass is 9.77. The van der Waals surface area contributed by atoms with Gasteiger partial charge in [0, 0.05) is 5.92 Å². The average molecular weight is 300 g/mol. The molecule has 0 spiro atoms. The van der Waals surface area contributed by atoms with Crippen LogP contribution in [0.25, 0.3) is 0 Å². The number of anilines is 1. The predicted molar refractivity (Wildman–Crippen MR) is 84.2 cm³/mol. The Labute approximate surface area is 128 Å². The average Bonchev–Trinajstić information content (AvgIpc) is 2.96. The zero-order chi connectivity index (χ0) is 14.4. The van der Waals surface area contributed by atoms with Crippen LogP contribution in [-0.2, 0) is 0 Å². The molecule has 2 aliphatic rings. The van der Waals surface area contributed by atoms with Crippen molar-refractivity contribution in [1.29, 1.82) is 0 Å². The molecule has 4 rings (SSSR count). The van der Waals surface area contributed by atoms with E-state index in [4.69, 9.17) is 11.6 Å². The van der Waals surface area contributed by atoms with Crippen LogP contribution < -0.4 is 5.32 Å². The molecule has 3 heteroatoms. The highest BCUT2D eigenvalue weighted by atomic mass is 35.5. The number of nitrogens with one attached hydrogen (secondary N) is 1. The molecule has 2 aromatic carbocycles. The van der Waals surface area contributed by atoms with Crippen molar-refractivity contribution in [2.24, 2.45) is 5.92 Å².